The van der Waals surface area contributed by atoms with E-state index in [1.807, 2.05) is 6.07 Å². The van der Waals surface area contributed by atoms with Crippen molar-refractivity contribution >= 4 is 11.6 Å². The van der Waals surface area contributed by atoms with Gasteiger partial charge in [0.15, 0.2) is 12.4 Å². The van der Waals surface area contributed by atoms with Crippen LogP contribution in [0.5, 0.6) is 5.75 Å². The molecule has 3 rings (SSSR count). The van der Waals surface area contributed by atoms with Gasteiger partial charge in [0.1, 0.15) is 5.75 Å². The lowest BCUT2D eigenvalue weighted by atomic mass is 10.2. The van der Waals surface area contributed by atoms with E-state index in [0.717, 1.165) is 24.2 Å². The molecule has 19 heavy (non-hydrogen) atoms. The molecule has 2 aromatic rings. The van der Waals surface area contributed by atoms with Crippen LogP contribution in [0, 0.1) is 0 Å². The highest BCUT2D eigenvalue weighted by molar-refractivity contribution is 6.32. The lowest BCUT2D eigenvalue weighted by Crippen LogP contribution is -1.99. The van der Waals surface area contributed by atoms with Crippen LogP contribution >= 0.6 is 11.6 Å². The molecule has 0 aliphatic heterocycles. The van der Waals surface area contributed by atoms with Gasteiger partial charge in [0.05, 0.1) is 5.02 Å². The summed E-state index contributed by atoms with van der Waals surface area (Å²) in [6, 6.07) is 5.47. The molecular weight excluding hydrogens is 266 g/mol. The molecule has 1 saturated carbocycles. The molecule has 0 saturated heterocycles. The van der Waals surface area contributed by atoms with E-state index in [1.165, 1.54) is 0 Å². The van der Waals surface area contributed by atoms with Crippen molar-refractivity contribution in [2.24, 2.45) is 5.73 Å². The van der Waals surface area contributed by atoms with E-state index in [-0.39, 0.29) is 6.61 Å². The van der Waals surface area contributed by atoms with Crippen LogP contribution in [0.15, 0.2) is 22.7 Å². The van der Waals surface area contributed by atoms with Crippen LogP contribution in [0.2, 0.25) is 5.02 Å². The fraction of sp³-hybridized carbons (Fsp3) is 0.385. The highest BCUT2D eigenvalue weighted by Gasteiger charge is 2.28. The van der Waals surface area contributed by atoms with Gasteiger partial charge in [-0.2, -0.15) is 4.98 Å². The maximum absolute atomic E-state index is 6.09. The molecule has 0 unspecified atom stereocenters. The van der Waals surface area contributed by atoms with Crippen molar-refractivity contribution in [1.82, 2.24) is 10.1 Å². The number of rotatable bonds is 5. The summed E-state index contributed by atoms with van der Waals surface area (Å²) in [6.07, 6.45) is 2.29. The first-order chi connectivity index (χ1) is 9.26. The Morgan fingerprint density at radius 1 is 1.42 bits per heavy atom. The number of hydrogen-bond acceptors (Lipinski definition) is 5. The van der Waals surface area contributed by atoms with Crippen LogP contribution in [0.1, 0.15) is 36.0 Å². The van der Waals surface area contributed by atoms with Crippen molar-refractivity contribution in [1.29, 1.82) is 0 Å². The predicted octanol–water partition coefficient (Wildman–Crippen LogP) is 2.64. The quantitative estimate of drug-likeness (QED) is 0.911. The van der Waals surface area contributed by atoms with E-state index in [4.69, 9.17) is 26.6 Å². The highest BCUT2D eigenvalue weighted by Crippen LogP contribution is 2.38. The van der Waals surface area contributed by atoms with Crippen molar-refractivity contribution in [2.75, 3.05) is 0 Å². The molecule has 1 fully saturated rings. The number of nitrogens with two attached hydrogens (primary N) is 1. The van der Waals surface area contributed by atoms with Crippen molar-refractivity contribution in [3.63, 3.8) is 0 Å². The van der Waals surface area contributed by atoms with E-state index < -0.39 is 0 Å². The van der Waals surface area contributed by atoms with Crippen molar-refractivity contribution in [3.05, 3.63) is 40.5 Å². The number of halogens is 1. The molecule has 2 N–H and O–H groups in total. The van der Waals surface area contributed by atoms with Crippen molar-refractivity contribution in [3.8, 4) is 5.75 Å². The molecule has 1 heterocycles. The maximum Gasteiger partial charge on any atom is 0.264 e. The van der Waals surface area contributed by atoms with Crippen LogP contribution in [0.3, 0.4) is 0 Å². The summed E-state index contributed by atoms with van der Waals surface area (Å²) < 4.78 is 10.7. The number of nitrogens with zero attached hydrogens (tertiary/aromatic N) is 2. The largest absolute Gasteiger partial charge is 0.482 e. The molecule has 1 aromatic carbocycles. The molecule has 0 atom stereocenters. The Bertz CT molecular complexity index is 581. The first kappa shape index (κ1) is 12.4. The molecule has 5 nitrogen and oxygen atoms in total. The van der Waals surface area contributed by atoms with E-state index >= 15 is 0 Å². The van der Waals surface area contributed by atoms with Crippen LogP contribution in [-0.4, -0.2) is 10.1 Å². The Kier molecular flexibility index (Phi) is 3.40. The Balaban J connectivity index is 1.64. The van der Waals surface area contributed by atoms with Gasteiger partial charge in [-0.1, -0.05) is 22.8 Å². The molecule has 1 aromatic heterocycles. The summed E-state index contributed by atoms with van der Waals surface area (Å²) in [7, 11) is 0. The van der Waals surface area contributed by atoms with Gasteiger partial charge in [-0.05, 0) is 30.5 Å². The van der Waals surface area contributed by atoms with Gasteiger partial charge < -0.3 is 15.0 Å². The van der Waals surface area contributed by atoms with Gasteiger partial charge in [0, 0.05) is 12.5 Å². The molecule has 0 amide bonds. The maximum atomic E-state index is 6.09. The third kappa shape index (κ3) is 2.88. The lowest BCUT2D eigenvalue weighted by Gasteiger charge is -2.06. The minimum Gasteiger partial charge on any atom is -0.482 e. The van der Waals surface area contributed by atoms with Gasteiger partial charge in [-0.25, -0.2) is 0 Å². The van der Waals surface area contributed by atoms with Crippen molar-refractivity contribution in [2.45, 2.75) is 31.9 Å². The number of aromatic nitrogens is 2. The number of ether oxygens (including phenoxy) is 1. The summed E-state index contributed by atoms with van der Waals surface area (Å²) >= 11 is 6.09. The van der Waals surface area contributed by atoms with E-state index in [2.05, 4.69) is 10.1 Å². The molecule has 6 heteroatoms. The minimum absolute atomic E-state index is 0.224. The summed E-state index contributed by atoms with van der Waals surface area (Å²) in [5.74, 6) is 2.32. The standard InChI is InChI=1S/C13H14ClN3O2/c14-10-5-8(6-15)1-4-11(10)18-7-12-16-13(17-19-12)9-2-3-9/h1,4-5,9H,2-3,6-7,15H2. The average Bonchev–Trinajstić information content (AvgIpc) is 3.17. The fourth-order valence-electron chi connectivity index (χ4n) is 1.76. The van der Waals surface area contributed by atoms with E-state index in [9.17, 15) is 0 Å². The molecule has 1 aliphatic rings. The van der Waals surface area contributed by atoms with E-state index in [1.54, 1.807) is 12.1 Å². The number of hydrogen-bond donors (Lipinski definition) is 1. The monoisotopic (exact) mass is 279 g/mol. The average molecular weight is 280 g/mol. The SMILES string of the molecule is NCc1ccc(OCc2nc(C3CC3)no2)c(Cl)c1. The Labute approximate surface area is 115 Å². The van der Waals surface area contributed by atoms with Crippen LogP contribution < -0.4 is 10.5 Å². The second-order valence-corrected chi connectivity index (χ2v) is 4.99. The zero-order chi connectivity index (χ0) is 13.2. The van der Waals surface area contributed by atoms with Gasteiger partial charge in [0.25, 0.3) is 5.89 Å². The normalized spacial score (nSPS) is 14.6. The number of benzene rings is 1. The zero-order valence-corrected chi connectivity index (χ0v) is 11.1. The van der Waals surface area contributed by atoms with Crippen molar-refractivity contribution < 1.29 is 9.26 Å². The summed E-state index contributed by atoms with van der Waals surface area (Å²) in [4.78, 5) is 4.28. The predicted molar refractivity (Wildman–Crippen MR) is 69.9 cm³/mol. The summed E-state index contributed by atoms with van der Waals surface area (Å²) in [5, 5.41) is 4.46. The molecule has 0 bridgehead atoms. The van der Waals surface area contributed by atoms with Gasteiger partial charge in [-0.3, -0.25) is 0 Å². The Morgan fingerprint density at radius 3 is 2.95 bits per heavy atom. The van der Waals surface area contributed by atoms with E-state index in [0.29, 0.717) is 29.1 Å². The van der Waals surface area contributed by atoms with Crippen LogP contribution in [0.4, 0.5) is 0 Å². The Morgan fingerprint density at radius 2 is 2.26 bits per heavy atom. The third-order valence-corrected chi connectivity index (χ3v) is 3.30. The molecule has 100 valence electrons. The second-order valence-electron chi connectivity index (χ2n) is 4.58. The van der Waals surface area contributed by atoms with Crippen LogP contribution in [-0.2, 0) is 13.2 Å². The first-order valence-corrected chi connectivity index (χ1v) is 6.58. The van der Waals surface area contributed by atoms with Gasteiger partial charge >= 0.3 is 0 Å². The van der Waals surface area contributed by atoms with Gasteiger partial charge in [0.2, 0.25) is 0 Å². The summed E-state index contributed by atoms with van der Waals surface area (Å²) in [5.41, 5.74) is 6.50. The Hall–Kier alpha value is -1.59. The molecule has 1 aliphatic carbocycles. The second kappa shape index (κ2) is 5.19. The molecule has 0 radical (unpaired) electrons. The summed E-state index contributed by atoms with van der Waals surface area (Å²) in [6.45, 7) is 0.676. The fourth-order valence-corrected chi connectivity index (χ4v) is 2.02. The zero-order valence-electron chi connectivity index (χ0n) is 10.3. The molecule has 0 spiro atoms. The highest BCUT2D eigenvalue weighted by atomic mass is 35.5. The lowest BCUT2D eigenvalue weighted by molar-refractivity contribution is 0.242. The topological polar surface area (TPSA) is 74.2 Å². The van der Waals surface area contributed by atoms with Crippen LogP contribution in [0.25, 0.3) is 0 Å². The first-order valence-electron chi connectivity index (χ1n) is 6.20. The molecular formula is C13H14ClN3O2. The minimum atomic E-state index is 0.224. The smallest absolute Gasteiger partial charge is 0.264 e. The third-order valence-electron chi connectivity index (χ3n) is 3.01. The van der Waals surface area contributed by atoms with Gasteiger partial charge in [-0.15, -0.1) is 0 Å².